The largest absolute Gasteiger partial charge is 0.476 e. The molecule has 4 nitrogen and oxygen atoms in total. The number of hydrogen-bond acceptors (Lipinski definition) is 4. The Bertz CT molecular complexity index is 611. The van der Waals surface area contributed by atoms with Gasteiger partial charge in [-0.2, -0.15) is 0 Å². The average Bonchev–Trinajstić information content (AvgIpc) is 2.46. The number of halogens is 1. The van der Waals surface area contributed by atoms with Crippen LogP contribution in [-0.2, 0) is 0 Å². The van der Waals surface area contributed by atoms with Gasteiger partial charge in [0.1, 0.15) is 5.69 Å². The Hall–Kier alpha value is -1.20. The number of rotatable bonds is 3. The van der Waals surface area contributed by atoms with Crippen molar-refractivity contribution in [2.24, 2.45) is 5.92 Å². The molecule has 0 amide bonds. The predicted molar refractivity (Wildman–Crippen MR) is 83.1 cm³/mol. The molecule has 1 aliphatic rings. The van der Waals surface area contributed by atoms with E-state index in [0.29, 0.717) is 11.8 Å². The summed E-state index contributed by atoms with van der Waals surface area (Å²) in [5.74, 6) is 1.29. The molecule has 1 aromatic carbocycles. The van der Waals surface area contributed by atoms with Crippen LogP contribution >= 0.6 is 15.9 Å². The van der Waals surface area contributed by atoms with E-state index in [4.69, 9.17) is 4.74 Å². The van der Waals surface area contributed by atoms with Crippen molar-refractivity contribution < 1.29 is 4.74 Å². The van der Waals surface area contributed by atoms with E-state index in [9.17, 15) is 0 Å². The van der Waals surface area contributed by atoms with Gasteiger partial charge in [0, 0.05) is 4.47 Å². The van der Waals surface area contributed by atoms with Gasteiger partial charge in [-0.3, -0.25) is 0 Å². The smallest absolute Gasteiger partial charge is 0.235 e. The number of nitrogens with zero attached hydrogens (tertiary/aromatic N) is 2. The molecule has 1 fully saturated rings. The highest BCUT2D eigenvalue weighted by molar-refractivity contribution is 9.10. The zero-order valence-corrected chi connectivity index (χ0v) is 13.1. The van der Waals surface area contributed by atoms with Crippen LogP contribution in [0.4, 0.5) is 0 Å². The topological polar surface area (TPSA) is 47.0 Å². The second-order valence-corrected chi connectivity index (χ2v) is 6.17. The number of fused-ring (bicyclic) bond motifs is 1. The molecule has 106 valence electrons. The average molecular weight is 336 g/mol. The normalized spacial score (nSPS) is 16.5. The van der Waals surface area contributed by atoms with Gasteiger partial charge in [0.2, 0.25) is 5.88 Å². The second-order valence-electron chi connectivity index (χ2n) is 5.25. The molecule has 0 aliphatic carbocycles. The van der Waals surface area contributed by atoms with E-state index in [1.54, 1.807) is 0 Å². The molecule has 0 saturated carbocycles. The molecule has 20 heavy (non-hydrogen) atoms. The Morgan fingerprint density at radius 2 is 2.05 bits per heavy atom. The minimum Gasteiger partial charge on any atom is -0.476 e. The van der Waals surface area contributed by atoms with Gasteiger partial charge in [-0.05, 0) is 57.0 Å². The zero-order valence-electron chi connectivity index (χ0n) is 11.5. The first-order chi connectivity index (χ1) is 9.72. The summed E-state index contributed by atoms with van der Waals surface area (Å²) in [6.45, 7) is 4.86. The van der Waals surface area contributed by atoms with Crippen molar-refractivity contribution in [3.63, 3.8) is 0 Å². The molecule has 0 spiro atoms. The van der Waals surface area contributed by atoms with Crippen LogP contribution in [0.1, 0.15) is 18.5 Å². The highest BCUT2D eigenvalue weighted by atomic mass is 79.9. The van der Waals surface area contributed by atoms with E-state index in [2.05, 4.69) is 31.2 Å². The second kappa shape index (κ2) is 6.06. The van der Waals surface area contributed by atoms with Crippen molar-refractivity contribution in [3.05, 3.63) is 28.4 Å². The highest BCUT2D eigenvalue weighted by Crippen LogP contribution is 2.22. The van der Waals surface area contributed by atoms with Gasteiger partial charge in [-0.15, -0.1) is 0 Å². The fourth-order valence-electron chi connectivity index (χ4n) is 2.48. The zero-order chi connectivity index (χ0) is 13.9. The lowest BCUT2D eigenvalue weighted by Crippen LogP contribution is -2.30. The van der Waals surface area contributed by atoms with Gasteiger partial charge < -0.3 is 10.1 Å². The van der Waals surface area contributed by atoms with E-state index < -0.39 is 0 Å². The molecule has 2 aromatic rings. The standard InChI is InChI=1S/C15H18BrN3O/c1-10-15(20-9-11-4-6-17-7-5-11)19-13-3-2-12(16)8-14(13)18-10/h2-3,8,11,17H,4-7,9H2,1H3. The van der Waals surface area contributed by atoms with E-state index in [1.807, 2.05) is 25.1 Å². The number of aromatic nitrogens is 2. The van der Waals surface area contributed by atoms with Gasteiger partial charge in [-0.25, -0.2) is 9.97 Å². The van der Waals surface area contributed by atoms with Crippen LogP contribution in [0, 0.1) is 12.8 Å². The molecule has 0 atom stereocenters. The molecule has 1 saturated heterocycles. The molecular weight excluding hydrogens is 318 g/mol. The summed E-state index contributed by atoms with van der Waals surface area (Å²) >= 11 is 3.45. The molecule has 3 rings (SSSR count). The Kier molecular flexibility index (Phi) is 4.17. The molecule has 0 bridgehead atoms. The summed E-state index contributed by atoms with van der Waals surface area (Å²) in [5, 5.41) is 3.37. The Morgan fingerprint density at radius 1 is 1.25 bits per heavy atom. The lowest BCUT2D eigenvalue weighted by molar-refractivity contribution is 0.207. The van der Waals surface area contributed by atoms with Crippen molar-refractivity contribution in [1.29, 1.82) is 0 Å². The molecule has 1 aliphatic heterocycles. The first-order valence-corrected chi connectivity index (χ1v) is 7.79. The van der Waals surface area contributed by atoms with Crippen molar-refractivity contribution in [1.82, 2.24) is 15.3 Å². The Balaban J connectivity index is 1.77. The summed E-state index contributed by atoms with van der Waals surface area (Å²) in [7, 11) is 0. The van der Waals surface area contributed by atoms with Gasteiger partial charge >= 0.3 is 0 Å². The van der Waals surface area contributed by atoms with Crippen LogP contribution in [0.2, 0.25) is 0 Å². The third-order valence-electron chi connectivity index (χ3n) is 3.67. The van der Waals surface area contributed by atoms with Crippen LogP contribution in [0.25, 0.3) is 11.0 Å². The lowest BCUT2D eigenvalue weighted by atomic mass is 9.99. The number of nitrogens with one attached hydrogen (secondary N) is 1. The quantitative estimate of drug-likeness (QED) is 0.936. The van der Waals surface area contributed by atoms with Gasteiger partial charge in [-0.1, -0.05) is 15.9 Å². The fourth-order valence-corrected chi connectivity index (χ4v) is 2.83. The van der Waals surface area contributed by atoms with Crippen molar-refractivity contribution in [2.45, 2.75) is 19.8 Å². The minimum absolute atomic E-state index is 0.623. The van der Waals surface area contributed by atoms with E-state index in [-0.39, 0.29) is 0 Å². The maximum absolute atomic E-state index is 5.90. The predicted octanol–water partition coefficient (Wildman–Crippen LogP) is 3.08. The summed E-state index contributed by atoms with van der Waals surface area (Å²) in [6, 6.07) is 5.91. The highest BCUT2D eigenvalue weighted by Gasteiger charge is 2.15. The summed E-state index contributed by atoms with van der Waals surface area (Å²) in [4.78, 5) is 9.15. The third-order valence-corrected chi connectivity index (χ3v) is 4.16. The van der Waals surface area contributed by atoms with Crippen LogP contribution < -0.4 is 10.1 Å². The summed E-state index contributed by atoms with van der Waals surface area (Å²) in [6.07, 6.45) is 2.35. The van der Waals surface area contributed by atoms with E-state index in [1.165, 1.54) is 12.8 Å². The number of ether oxygens (including phenoxy) is 1. The van der Waals surface area contributed by atoms with Crippen molar-refractivity contribution in [2.75, 3.05) is 19.7 Å². The van der Waals surface area contributed by atoms with Crippen molar-refractivity contribution in [3.8, 4) is 5.88 Å². The summed E-state index contributed by atoms with van der Waals surface area (Å²) < 4.78 is 6.92. The molecule has 0 radical (unpaired) electrons. The third kappa shape index (κ3) is 3.10. The number of piperidine rings is 1. The van der Waals surface area contributed by atoms with Crippen LogP contribution in [0.15, 0.2) is 22.7 Å². The Morgan fingerprint density at radius 3 is 2.85 bits per heavy atom. The SMILES string of the molecule is Cc1nc2cc(Br)ccc2nc1OCC1CCNCC1. The molecular formula is C15H18BrN3O. The monoisotopic (exact) mass is 335 g/mol. The van der Waals surface area contributed by atoms with Crippen molar-refractivity contribution >= 4 is 27.0 Å². The molecule has 0 unspecified atom stereocenters. The number of hydrogen-bond donors (Lipinski definition) is 1. The van der Waals surface area contributed by atoms with E-state index in [0.717, 1.165) is 40.9 Å². The first-order valence-electron chi connectivity index (χ1n) is 7.00. The van der Waals surface area contributed by atoms with Crippen LogP contribution in [0.5, 0.6) is 5.88 Å². The number of aryl methyl sites for hydroxylation is 1. The van der Waals surface area contributed by atoms with Gasteiger partial charge in [0.25, 0.3) is 0 Å². The van der Waals surface area contributed by atoms with Gasteiger partial charge in [0.05, 0.1) is 17.6 Å². The fraction of sp³-hybridized carbons (Fsp3) is 0.467. The number of benzene rings is 1. The summed E-state index contributed by atoms with van der Waals surface area (Å²) in [5.41, 5.74) is 2.62. The molecule has 5 heteroatoms. The minimum atomic E-state index is 0.623. The van der Waals surface area contributed by atoms with Gasteiger partial charge in [0.15, 0.2) is 0 Å². The maximum Gasteiger partial charge on any atom is 0.235 e. The molecule has 2 heterocycles. The molecule has 1 N–H and O–H groups in total. The Labute approximate surface area is 127 Å². The van der Waals surface area contributed by atoms with Crippen LogP contribution in [-0.4, -0.2) is 29.7 Å². The lowest BCUT2D eigenvalue weighted by Gasteiger charge is -2.22. The molecule has 1 aromatic heterocycles. The first kappa shape index (κ1) is 13.8. The maximum atomic E-state index is 5.90. The van der Waals surface area contributed by atoms with E-state index >= 15 is 0 Å². The van der Waals surface area contributed by atoms with Crippen LogP contribution in [0.3, 0.4) is 0 Å².